The average Bonchev–Trinajstić information content (AvgIpc) is 2.77. The van der Waals surface area contributed by atoms with Gasteiger partial charge in [0.05, 0.1) is 17.1 Å². The van der Waals surface area contributed by atoms with Crippen LogP contribution >= 0.6 is 0 Å². The number of aryl methyl sites for hydroxylation is 1. The van der Waals surface area contributed by atoms with Crippen LogP contribution in [0.5, 0.6) is 0 Å². The molecule has 0 fully saturated rings. The number of pyridine rings is 1. The van der Waals surface area contributed by atoms with Gasteiger partial charge in [0.15, 0.2) is 11.1 Å². The number of nitriles is 1. The number of benzene rings is 2. The Morgan fingerprint density at radius 2 is 1.87 bits per heavy atom. The van der Waals surface area contributed by atoms with Gasteiger partial charge < -0.3 is 9.73 Å². The van der Waals surface area contributed by atoms with E-state index in [0.717, 1.165) is 16.7 Å². The zero-order valence-corrected chi connectivity index (χ0v) is 17.1. The van der Waals surface area contributed by atoms with Gasteiger partial charge in [-0.2, -0.15) is 5.26 Å². The number of hydrogen-bond acceptors (Lipinski definition) is 5. The smallest absolute Gasteiger partial charge is 0.196 e. The summed E-state index contributed by atoms with van der Waals surface area (Å²) in [6.45, 7) is 5.73. The van der Waals surface area contributed by atoms with Gasteiger partial charge in [-0.15, -0.1) is 0 Å². The third-order valence-electron chi connectivity index (χ3n) is 5.18. The molecule has 2 heterocycles. The standard InChI is InChI=1S/C25H21N3O2/c1-15-12-19(17(3)28-21-10-7-11-27-22(21)14-26)25-20(13-15)23(29)16(2)24(30-25)18-8-5-4-6-9-18/h4-13,17,28H,1-3H3. The SMILES string of the molecule is Cc1cc(C(C)Nc2cccnc2C#N)c2oc(-c3ccccc3)c(C)c(=O)c2c1. The van der Waals surface area contributed by atoms with E-state index in [1.165, 1.54) is 0 Å². The van der Waals surface area contributed by atoms with Gasteiger partial charge in [-0.1, -0.05) is 36.4 Å². The number of nitrogens with one attached hydrogen (secondary N) is 1. The highest BCUT2D eigenvalue weighted by Gasteiger charge is 2.19. The number of anilines is 1. The summed E-state index contributed by atoms with van der Waals surface area (Å²) in [5.74, 6) is 0.574. The van der Waals surface area contributed by atoms with E-state index in [4.69, 9.17) is 4.42 Å². The fourth-order valence-corrected chi connectivity index (χ4v) is 3.68. The van der Waals surface area contributed by atoms with Crippen LogP contribution in [-0.4, -0.2) is 4.98 Å². The fraction of sp³-hybridized carbons (Fsp3) is 0.160. The van der Waals surface area contributed by atoms with Gasteiger partial charge in [0.25, 0.3) is 0 Å². The third kappa shape index (κ3) is 3.44. The minimum atomic E-state index is -0.210. The van der Waals surface area contributed by atoms with E-state index in [2.05, 4.69) is 16.4 Å². The van der Waals surface area contributed by atoms with Crippen LogP contribution in [0.2, 0.25) is 0 Å². The molecule has 0 saturated carbocycles. The second-order valence-corrected chi connectivity index (χ2v) is 7.36. The van der Waals surface area contributed by atoms with Crippen molar-refractivity contribution in [3.05, 3.63) is 93.4 Å². The van der Waals surface area contributed by atoms with E-state index in [-0.39, 0.29) is 11.5 Å². The van der Waals surface area contributed by atoms with E-state index in [0.29, 0.717) is 33.7 Å². The van der Waals surface area contributed by atoms with Gasteiger partial charge in [0, 0.05) is 22.9 Å². The van der Waals surface area contributed by atoms with Crippen molar-refractivity contribution in [1.29, 1.82) is 5.26 Å². The number of fused-ring (bicyclic) bond motifs is 1. The lowest BCUT2D eigenvalue weighted by atomic mass is 9.98. The first-order valence-corrected chi connectivity index (χ1v) is 9.74. The molecule has 0 saturated heterocycles. The molecule has 1 unspecified atom stereocenters. The molecule has 2 aromatic carbocycles. The predicted molar refractivity (Wildman–Crippen MR) is 118 cm³/mol. The summed E-state index contributed by atoms with van der Waals surface area (Å²) in [7, 11) is 0. The summed E-state index contributed by atoms with van der Waals surface area (Å²) >= 11 is 0. The minimum absolute atomic E-state index is 0.0358. The Balaban J connectivity index is 1.90. The van der Waals surface area contributed by atoms with E-state index in [9.17, 15) is 10.1 Å². The van der Waals surface area contributed by atoms with E-state index in [1.807, 2.05) is 62.4 Å². The van der Waals surface area contributed by atoms with Crippen molar-refractivity contribution in [3.63, 3.8) is 0 Å². The minimum Gasteiger partial charge on any atom is -0.455 e. The van der Waals surface area contributed by atoms with E-state index in [1.54, 1.807) is 19.2 Å². The molecule has 0 spiro atoms. The summed E-state index contributed by atoms with van der Waals surface area (Å²) in [6.07, 6.45) is 1.59. The molecule has 5 nitrogen and oxygen atoms in total. The summed E-state index contributed by atoms with van der Waals surface area (Å²) in [6, 6.07) is 19.0. The highest BCUT2D eigenvalue weighted by Crippen LogP contribution is 2.32. The van der Waals surface area contributed by atoms with Crippen molar-refractivity contribution in [2.75, 3.05) is 5.32 Å². The molecule has 4 rings (SSSR count). The van der Waals surface area contributed by atoms with Crippen LogP contribution in [0.1, 0.15) is 35.3 Å². The Hall–Kier alpha value is -3.91. The van der Waals surface area contributed by atoms with Crippen LogP contribution in [0.3, 0.4) is 0 Å². The van der Waals surface area contributed by atoms with Crippen molar-refractivity contribution in [2.45, 2.75) is 26.8 Å². The molecule has 30 heavy (non-hydrogen) atoms. The zero-order chi connectivity index (χ0) is 21.3. The molecular formula is C25H21N3O2. The van der Waals surface area contributed by atoms with Gasteiger partial charge in [0.2, 0.25) is 0 Å². The second-order valence-electron chi connectivity index (χ2n) is 7.36. The van der Waals surface area contributed by atoms with Gasteiger partial charge in [-0.25, -0.2) is 4.98 Å². The first-order valence-electron chi connectivity index (χ1n) is 9.74. The maximum Gasteiger partial charge on any atom is 0.196 e. The van der Waals surface area contributed by atoms with Gasteiger partial charge in [-0.3, -0.25) is 4.79 Å². The van der Waals surface area contributed by atoms with Crippen molar-refractivity contribution < 1.29 is 4.42 Å². The first-order chi connectivity index (χ1) is 14.5. The molecule has 0 aliphatic heterocycles. The summed E-state index contributed by atoms with van der Waals surface area (Å²) in [5.41, 5.74) is 4.75. The van der Waals surface area contributed by atoms with Crippen molar-refractivity contribution in [2.24, 2.45) is 0 Å². The van der Waals surface area contributed by atoms with Gasteiger partial charge in [0.1, 0.15) is 17.4 Å². The van der Waals surface area contributed by atoms with Crippen LogP contribution < -0.4 is 10.7 Å². The Morgan fingerprint density at radius 1 is 1.10 bits per heavy atom. The molecule has 0 amide bonds. The molecule has 4 aromatic rings. The Kier molecular flexibility index (Phi) is 5.07. The second kappa shape index (κ2) is 7.84. The number of nitrogens with zero attached hydrogens (tertiary/aromatic N) is 2. The first kappa shape index (κ1) is 19.4. The summed E-state index contributed by atoms with van der Waals surface area (Å²) < 4.78 is 6.34. The van der Waals surface area contributed by atoms with Crippen molar-refractivity contribution in [3.8, 4) is 17.4 Å². The Labute approximate surface area is 174 Å². The molecule has 2 aromatic heterocycles. The molecule has 0 aliphatic rings. The van der Waals surface area contributed by atoms with Gasteiger partial charge in [-0.05, 0) is 44.5 Å². The Bertz CT molecular complexity index is 1330. The normalized spacial score (nSPS) is 11.8. The van der Waals surface area contributed by atoms with Crippen LogP contribution in [0.15, 0.2) is 70.0 Å². The number of hydrogen-bond donors (Lipinski definition) is 1. The lowest BCUT2D eigenvalue weighted by molar-refractivity contribution is 0.605. The monoisotopic (exact) mass is 395 g/mol. The molecule has 148 valence electrons. The summed E-state index contributed by atoms with van der Waals surface area (Å²) in [5, 5.41) is 13.2. The number of aromatic nitrogens is 1. The fourth-order valence-electron chi connectivity index (χ4n) is 3.68. The van der Waals surface area contributed by atoms with Crippen LogP contribution in [-0.2, 0) is 0 Å². The maximum absolute atomic E-state index is 13.2. The van der Waals surface area contributed by atoms with Crippen molar-refractivity contribution >= 4 is 16.7 Å². The maximum atomic E-state index is 13.2. The highest BCUT2D eigenvalue weighted by molar-refractivity contribution is 5.84. The molecule has 5 heteroatoms. The third-order valence-corrected chi connectivity index (χ3v) is 5.18. The predicted octanol–water partition coefficient (Wildman–Crippen LogP) is 5.52. The topological polar surface area (TPSA) is 78.9 Å². The van der Waals surface area contributed by atoms with Crippen molar-refractivity contribution in [1.82, 2.24) is 4.98 Å². The van der Waals surface area contributed by atoms with Crippen LogP contribution in [0.4, 0.5) is 5.69 Å². The van der Waals surface area contributed by atoms with Crippen LogP contribution in [0.25, 0.3) is 22.3 Å². The highest BCUT2D eigenvalue weighted by atomic mass is 16.3. The number of rotatable bonds is 4. The lowest BCUT2D eigenvalue weighted by Gasteiger charge is -2.19. The van der Waals surface area contributed by atoms with E-state index < -0.39 is 0 Å². The summed E-state index contributed by atoms with van der Waals surface area (Å²) in [4.78, 5) is 17.3. The molecule has 0 radical (unpaired) electrons. The quantitative estimate of drug-likeness (QED) is 0.492. The molecule has 1 atom stereocenters. The largest absolute Gasteiger partial charge is 0.455 e. The molecule has 0 aliphatic carbocycles. The Morgan fingerprint density at radius 3 is 2.60 bits per heavy atom. The van der Waals surface area contributed by atoms with Gasteiger partial charge >= 0.3 is 0 Å². The molecule has 1 N–H and O–H groups in total. The van der Waals surface area contributed by atoms with Crippen LogP contribution in [0, 0.1) is 25.2 Å². The molecule has 0 bridgehead atoms. The average molecular weight is 395 g/mol. The molecular weight excluding hydrogens is 374 g/mol. The zero-order valence-electron chi connectivity index (χ0n) is 17.1. The lowest BCUT2D eigenvalue weighted by Crippen LogP contribution is -2.13. The van der Waals surface area contributed by atoms with E-state index >= 15 is 0 Å².